The average Bonchev–Trinajstić information content (AvgIpc) is 2.54. The summed E-state index contributed by atoms with van der Waals surface area (Å²) in [5, 5.41) is 9.85. The predicted molar refractivity (Wildman–Crippen MR) is 94.3 cm³/mol. The van der Waals surface area contributed by atoms with Crippen molar-refractivity contribution in [2.45, 2.75) is 0 Å². The van der Waals surface area contributed by atoms with Crippen molar-refractivity contribution < 1.29 is 19.4 Å². The number of ketones is 1. The molecule has 6 heteroatoms. The molecule has 4 nitrogen and oxygen atoms in total. The maximum atomic E-state index is 12.6. The molecule has 0 spiro atoms. The lowest BCUT2D eigenvalue weighted by atomic mass is 9.98. The van der Waals surface area contributed by atoms with E-state index in [1.165, 1.54) is 7.11 Å². The SMILES string of the molecule is COc1cc(C=C2COc3ccc(Br)cc3C2=O)cc(Br)c1O. The molecule has 1 aliphatic heterocycles. The summed E-state index contributed by atoms with van der Waals surface area (Å²) in [4.78, 5) is 12.6. The molecule has 118 valence electrons. The van der Waals surface area contributed by atoms with Crippen LogP contribution in [0.25, 0.3) is 6.08 Å². The molecule has 2 aromatic carbocycles. The highest BCUT2D eigenvalue weighted by Gasteiger charge is 2.23. The van der Waals surface area contributed by atoms with Gasteiger partial charge in [0.2, 0.25) is 0 Å². The average molecular weight is 440 g/mol. The van der Waals surface area contributed by atoms with Gasteiger partial charge in [0.25, 0.3) is 0 Å². The Kier molecular flexibility index (Phi) is 4.46. The Morgan fingerprint density at radius 3 is 2.78 bits per heavy atom. The van der Waals surface area contributed by atoms with Crippen LogP contribution in [0, 0.1) is 0 Å². The minimum absolute atomic E-state index is 0.0233. The van der Waals surface area contributed by atoms with E-state index in [0.29, 0.717) is 27.1 Å². The normalized spacial score (nSPS) is 15.3. The summed E-state index contributed by atoms with van der Waals surface area (Å²) in [6.07, 6.45) is 1.74. The second kappa shape index (κ2) is 6.37. The van der Waals surface area contributed by atoms with Crippen LogP contribution in [0.1, 0.15) is 15.9 Å². The first kappa shape index (κ1) is 16.1. The van der Waals surface area contributed by atoms with E-state index in [1.54, 1.807) is 30.3 Å². The number of phenols is 1. The molecule has 0 amide bonds. The Hall–Kier alpha value is -1.79. The van der Waals surface area contributed by atoms with Crippen LogP contribution in [0.2, 0.25) is 0 Å². The fourth-order valence-electron chi connectivity index (χ4n) is 2.34. The van der Waals surface area contributed by atoms with Crippen molar-refractivity contribution in [2.75, 3.05) is 13.7 Å². The van der Waals surface area contributed by atoms with Gasteiger partial charge in [-0.25, -0.2) is 0 Å². The predicted octanol–water partition coefficient (Wildman–Crippen LogP) is 4.58. The van der Waals surface area contributed by atoms with Crippen LogP contribution in [0.4, 0.5) is 0 Å². The molecule has 0 bridgehead atoms. The summed E-state index contributed by atoms with van der Waals surface area (Å²) in [5.41, 5.74) is 1.80. The van der Waals surface area contributed by atoms with Gasteiger partial charge in [0.15, 0.2) is 17.3 Å². The lowest BCUT2D eigenvalue weighted by Crippen LogP contribution is -2.19. The zero-order chi connectivity index (χ0) is 16.6. The fourth-order valence-corrected chi connectivity index (χ4v) is 3.16. The number of carbonyl (C=O) groups is 1. The van der Waals surface area contributed by atoms with Crippen molar-refractivity contribution in [3.8, 4) is 17.2 Å². The number of ether oxygens (including phenoxy) is 2. The monoisotopic (exact) mass is 438 g/mol. The minimum Gasteiger partial charge on any atom is -0.503 e. The largest absolute Gasteiger partial charge is 0.503 e. The van der Waals surface area contributed by atoms with E-state index in [2.05, 4.69) is 31.9 Å². The Morgan fingerprint density at radius 1 is 1.26 bits per heavy atom. The van der Waals surface area contributed by atoms with Crippen molar-refractivity contribution in [3.05, 3.63) is 56.0 Å². The highest BCUT2D eigenvalue weighted by atomic mass is 79.9. The van der Waals surface area contributed by atoms with E-state index < -0.39 is 0 Å². The lowest BCUT2D eigenvalue weighted by molar-refractivity contribution is 0.100. The van der Waals surface area contributed by atoms with Gasteiger partial charge in [-0.2, -0.15) is 0 Å². The van der Waals surface area contributed by atoms with Crippen molar-refractivity contribution in [1.82, 2.24) is 0 Å². The second-order valence-corrected chi connectivity index (χ2v) is 6.75. The molecule has 1 heterocycles. The number of carbonyl (C=O) groups excluding carboxylic acids is 1. The number of halogens is 2. The molecule has 0 aromatic heterocycles. The highest BCUT2D eigenvalue weighted by molar-refractivity contribution is 9.10. The van der Waals surface area contributed by atoms with Gasteiger partial charge in [-0.3, -0.25) is 4.79 Å². The maximum absolute atomic E-state index is 12.6. The van der Waals surface area contributed by atoms with Crippen LogP contribution in [0.5, 0.6) is 17.2 Å². The highest BCUT2D eigenvalue weighted by Crippen LogP contribution is 2.36. The van der Waals surface area contributed by atoms with E-state index in [-0.39, 0.29) is 18.1 Å². The van der Waals surface area contributed by atoms with E-state index in [0.717, 1.165) is 10.0 Å². The van der Waals surface area contributed by atoms with Gasteiger partial charge >= 0.3 is 0 Å². The van der Waals surface area contributed by atoms with Crippen molar-refractivity contribution in [2.24, 2.45) is 0 Å². The number of rotatable bonds is 2. The molecule has 23 heavy (non-hydrogen) atoms. The Morgan fingerprint density at radius 2 is 2.04 bits per heavy atom. The molecule has 2 aromatic rings. The zero-order valence-electron chi connectivity index (χ0n) is 12.1. The van der Waals surface area contributed by atoms with Gasteiger partial charge in [-0.15, -0.1) is 0 Å². The van der Waals surface area contributed by atoms with Crippen LogP contribution in [-0.4, -0.2) is 24.6 Å². The first-order valence-corrected chi connectivity index (χ1v) is 8.32. The number of methoxy groups -OCH3 is 1. The van der Waals surface area contributed by atoms with E-state index in [9.17, 15) is 9.90 Å². The molecule has 0 radical (unpaired) electrons. The fraction of sp³-hybridized carbons (Fsp3) is 0.118. The van der Waals surface area contributed by atoms with Crippen molar-refractivity contribution >= 4 is 43.7 Å². The number of aromatic hydroxyl groups is 1. The summed E-state index contributed by atoms with van der Waals surface area (Å²) in [5.74, 6) is 0.865. The minimum atomic E-state index is -0.0734. The van der Waals surface area contributed by atoms with Crippen molar-refractivity contribution in [3.63, 3.8) is 0 Å². The third kappa shape index (κ3) is 3.14. The number of hydrogen-bond acceptors (Lipinski definition) is 4. The summed E-state index contributed by atoms with van der Waals surface area (Å²) >= 11 is 6.63. The molecule has 0 saturated heterocycles. The molecule has 0 fully saturated rings. The standard InChI is InChI=1S/C17H12Br2O4/c1-22-15-6-9(5-13(19)17(15)21)4-10-8-23-14-3-2-11(18)7-12(14)16(10)20/h2-7,21H,8H2,1H3. The summed E-state index contributed by atoms with van der Waals surface area (Å²) in [6, 6.07) is 8.74. The molecular weight excluding hydrogens is 428 g/mol. The molecule has 0 unspecified atom stereocenters. The van der Waals surface area contributed by atoms with Crippen LogP contribution in [0.3, 0.4) is 0 Å². The Bertz CT molecular complexity index is 828. The summed E-state index contributed by atoms with van der Waals surface area (Å²) < 4.78 is 12.1. The lowest BCUT2D eigenvalue weighted by Gasteiger charge is -2.19. The zero-order valence-corrected chi connectivity index (χ0v) is 15.3. The van der Waals surface area contributed by atoms with Gasteiger partial charge in [-0.1, -0.05) is 15.9 Å². The molecule has 1 N–H and O–H groups in total. The molecule has 3 rings (SSSR count). The number of fused-ring (bicyclic) bond motifs is 1. The summed E-state index contributed by atoms with van der Waals surface area (Å²) in [6.45, 7) is 0.203. The van der Waals surface area contributed by atoms with Crippen LogP contribution in [0.15, 0.2) is 44.9 Å². The quantitative estimate of drug-likeness (QED) is 0.695. The third-order valence-electron chi connectivity index (χ3n) is 3.47. The molecule has 0 atom stereocenters. The van der Waals surface area contributed by atoms with Crippen LogP contribution < -0.4 is 9.47 Å². The third-order valence-corrected chi connectivity index (χ3v) is 4.57. The van der Waals surface area contributed by atoms with Gasteiger partial charge in [0.1, 0.15) is 12.4 Å². The van der Waals surface area contributed by atoms with Crippen LogP contribution in [-0.2, 0) is 0 Å². The van der Waals surface area contributed by atoms with E-state index in [1.807, 2.05) is 6.07 Å². The Labute approximate surface area is 150 Å². The molecule has 0 saturated carbocycles. The number of phenolic OH excluding ortho intramolecular Hbond substituents is 1. The number of Topliss-reactive ketones (excluding diaryl/α,β-unsaturated/α-hetero) is 1. The van der Waals surface area contributed by atoms with Gasteiger partial charge in [-0.05, 0) is 57.9 Å². The molecule has 1 aliphatic rings. The smallest absolute Gasteiger partial charge is 0.196 e. The van der Waals surface area contributed by atoms with Crippen LogP contribution >= 0.6 is 31.9 Å². The number of benzene rings is 2. The second-order valence-electron chi connectivity index (χ2n) is 4.98. The molecular formula is C17H12Br2O4. The van der Waals surface area contributed by atoms with Gasteiger partial charge < -0.3 is 14.6 Å². The first-order valence-electron chi connectivity index (χ1n) is 6.73. The maximum Gasteiger partial charge on any atom is 0.196 e. The van der Waals surface area contributed by atoms with Crippen molar-refractivity contribution in [1.29, 1.82) is 0 Å². The first-order chi connectivity index (χ1) is 11.0. The van der Waals surface area contributed by atoms with Gasteiger partial charge in [0.05, 0.1) is 17.1 Å². The van der Waals surface area contributed by atoms with E-state index >= 15 is 0 Å². The number of hydrogen-bond donors (Lipinski definition) is 1. The molecule has 0 aliphatic carbocycles. The topological polar surface area (TPSA) is 55.8 Å². The Balaban J connectivity index is 2.01. The van der Waals surface area contributed by atoms with E-state index in [4.69, 9.17) is 9.47 Å². The van der Waals surface area contributed by atoms with Gasteiger partial charge in [0, 0.05) is 10.0 Å². The summed E-state index contributed by atoms with van der Waals surface area (Å²) in [7, 11) is 1.47.